The van der Waals surface area contributed by atoms with E-state index in [4.69, 9.17) is 9.72 Å². The van der Waals surface area contributed by atoms with Crippen LogP contribution in [0.1, 0.15) is 50.1 Å². The van der Waals surface area contributed by atoms with Gasteiger partial charge in [0.15, 0.2) is 0 Å². The quantitative estimate of drug-likeness (QED) is 0.610. The number of aryl methyl sites for hydroxylation is 2. The van der Waals surface area contributed by atoms with E-state index in [2.05, 4.69) is 57.4 Å². The molecule has 0 bridgehead atoms. The van der Waals surface area contributed by atoms with Gasteiger partial charge in [0.1, 0.15) is 18.2 Å². The fraction of sp³-hybridized carbons (Fsp3) is 0.440. The second-order valence-electron chi connectivity index (χ2n) is 9.30. The molecular weight excluding hydrogens is 374 g/mol. The third-order valence-corrected chi connectivity index (χ3v) is 5.89. The van der Waals surface area contributed by atoms with Gasteiger partial charge in [-0.25, -0.2) is 4.98 Å². The van der Waals surface area contributed by atoms with Crippen molar-refractivity contribution in [2.45, 2.75) is 59.0 Å². The summed E-state index contributed by atoms with van der Waals surface area (Å²) in [6.45, 7) is 12.4. The number of benzene rings is 2. The maximum atomic E-state index is 12.7. The van der Waals surface area contributed by atoms with Gasteiger partial charge in [-0.3, -0.25) is 4.79 Å². The standard InChI is InChI=1S/C25H31N3O2/c1-17-10-11-22(18(2)14-17)30-13-12-27-21-9-7-6-8-20(21)26-24(27)19-15-23(29)28(16-19)25(3,4)5/h6-11,14,19H,12-13,15-16H2,1-5H3. The molecule has 30 heavy (non-hydrogen) atoms. The Hall–Kier alpha value is -2.82. The SMILES string of the molecule is Cc1ccc(OCCn2c(C3CC(=O)N(C(C)(C)C)C3)nc3ccccc32)c(C)c1. The summed E-state index contributed by atoms with van der Waals surface area (Å²) in [7, 11) is 0. The van der Waals surface area contributed by atoms with Crippen LogP contribution in [0.2, 0.25) is 0 Å². The summed E-state index contributed by atoms with van der Waals surface area (Å²) < 4.78 is 8.34. The van der Waals surface area contributed by atoms with Gasteiger partial charge in [-0.2, -0.15) is 0 Å². The lowest BCUT2D eigenvalue weighted by Gasteiger charge is -2.32. The molecule has 4 rings (SSSR count). The Morgan fingerprint density at radius 1 is 1.13 bits per heavy atom. The van der Waals surface area contributed by atoms with E-state index in [1.54, 1.807) is 0 Å². The van der Waals surface area contributed by atoms with Crippen LogP contribution in [0.25, 0.3) is 11.0 Å². The van der Waals surface area contributed by atoms with E-state index in [1.807, 2.05) is 29.2 Å². The number of imidazole rings is 1. The van der Waals surface area contributed by atoms with Gasteiger partial charge in [-0.1, -0.05) is 29.8 Å². The number of aromatic nitrogens is 2. The molecule has 0 spiro atoms. The number of hydrogen-bond acceptors (Lipinski definition) is 3. The number of nitrogens with zero attached hydrogens (tertiary/aromatic N) is 3. The van der Waals surface area contributed by atoms with Crippen LogP contribution in [-0.4, -0.2) is 39.0 Å². The minimum Gasteiger partial charge on any atom is -0.491 e. The average molecular weight is 406 g/mol. The first kappa shape index (κ1) is 20.5. The molecule has 0 aliphatic carbocycles. The molecular formula is C25H31N3O2. The zero-order chi connectivity index (χ0) is 21.5. The van der Waals surface area contributed by atoms with Crippen LogP contribution in [-0.2, 0) is 11.3 Å². The molecule has 1 fully saturated rings. The molecule has 5 heteroatoms. The molecule has 5 nitrogen and oxygen atoms in total. The van der Waals surface area contributed by atoms with E-state index in [9.17, 15) is 4.79 Å². The second kappa shape index (κ2) is 7.78. The third kappa shape index (κ3) is 3.93. The van der Waals surface area contributed by atoms with Crippen molar-refractivity contribution in [2.75, 3.05) is 13.2 Å². The summed E-state index contributed by atoms with van der Waals surface area (Å²) >= 11 is 0. The number of fused-ring (bicyclic) bond motifs is 1. The van der Waals surface area contributed by atoms with Crippen molar-refractivity contribution in [1.29, 1.82) is 0 Å². The number of ether oxygens (including phenoxy) is 1. The van der Waals surface area contributed by atoms with Crippen molar-refractivity contribution < 1.29 is 9.53 Å². The smallest absolute Gasteiger partial charge is 0.223 e. The Labute approximate surface area is 178 Å². The first-order chi connectivity index (χ1) is 14.2. The van der Waals surface area contributed by atoms with Crippen LogP contribution in [0.4, 0.5) is 0 Å². The summed E-state index contributed by atoms with van der Waals surface area (Å²) in [6.07, 6.45) is 0.512. The van der Waals surface area contributed by atoms with E-state index in [-0.39, 0.29) is 17.4 Å². The highest BCUT2D eigenvalue weighted by molar-refractivity contribution is 5.81. The zero-order valence-corrected chi connectivity index (χ0v) is 18.6. The first-order valence-electron chi connectivity index (χ1n) is 10.7. The lowest BCUT2D eigenvalue weighted by molar-refractivity contribution is -0.131. The minimum absolute atomic E-state index is 0.102. The maximum Gasteiger partial charge on any atom is 0.223 e. The molecule has 1 unspecified atom stereocenters. The molecule has 3 aromatic rings. The van der Waals surface area contributed by atoms with E-state index in [0.717, 1.165) is 28.2 Å². The number of likely N-dealkylation sites (tertiary alicyclic amines) is 1. The number of carbonyl (C=O) groups is 1. The highest BCUT2D eigenvalue weighted by Gasteiger charge is 2.38. The Balaban J connectivity index is 1.59. The van der Waals surface area contributed by atoms with Gasteiger partial charge in [0.25, 0.3) is 0 Å². The highest BCUT2D eigenvalue weighted by atomic mass is 16.5. The van der Waals surface area contributed by atoms with E-state index in [1.165, 1.54) is 5.56 Å². The zero-order valence-electron chi connectivity index (χ0n) is 18.6. The predicted octanol–water partition coefficient (Wildman–Crippen LogP) is 4.85. The Kier molecular flexibility index (Phi) is 5.31. The van der Waals surface area contributed by atoms with Gasteiger partial charge in [-0.05, 0) is 58.4 Å². The molecule has 2 heterocycles. The molecule has 1 amide bonds. The van der Waals surface area contributed by atoms with Gasteiger partial charge < -0.3 is 14.2 Å². The van der Waals surface area contributed by atoms with Gasteiger partial charge in [-0.15, -0.1) is 0 Å². The van der Waals surface area contributed by atoms with E-state index < -0.39 is 0 Å². The minimum atomic E-state index is -0.172. The molecule has 0 N–H and O–H groups in total. The number of para-hydroxylation sites is 2. The van der Waals surface area contributed by atoms with Gasteiger partial charge in [0.2, 0.25) is 5.91 Å². The van der Waals surface area contributed by atoms with Crippen LogP contribution in [0.5, 0.6) is 5.75 Å². The topological polar surface area (TPSA) is 47.4 Å². The molecule has 1 aliphatic rings. The lowest BCUT2D eigenvalue weighted by atomic mass is 10.1. The predicted molar refractivity (Wildman–Crippen MR) is 120 cm³/mol. The monoisotopic (exact) mass is 405 g/mol. The number of rotatable bonds is 5. The number of amides is 1. The molecule has 2 aromatic carbocycles. The van der Waals surface area contributed by atoms with Gasteiger partial charge in [0.05, 0.1) is 17.6 Å². The maximum absolute atomic E-state index is 12.7. The summed E-state index contributed by atoms with van der Waals surface area (Å²) in [4.78, 5) is 19.6. The number of hydrogen-bond donors (Lipinski definition) is 0. The largest absolute Gasteiger partial charge is 0.491 e. The summed E-state index contributed by atoms with van der Waals surface area (Å²) in [6, 6.07) is 14.4. The molecule has 158 valence electrons. The second-order valence-corrected chi connectivity index (χ2v) is 9.30. The Morgan fingerprint density at radius 2 is 1.90 bits per heavy atom. The van der Waals surface area contributed by atoms with Crippen molar-refractivity contribution in [2.24, 2.45) is 0 Å². The lowest BCUT2D eigenvalue weighted by Crippen LogP contribution is -2.42. The van der Waals surface area contributed by atoms with Crippen LogP contribution in [0.15, 0.2) is 42.5 Å². The molecule has 1 atom stereocenters. The Morgan fingerprint density at radius 3 is 2.60 bits per heavy atom. The normalized spacial score (nSPS) is 17.2. The van der Waals surface area contributed by atoms with Crippen LogP contribution < -0.4 is 4.74 Å². The molecule has 1 saturated heterocycles. The Bertz CT molecular complexity index is 1080. The van der Waals surface area contributed by atoms with Crippen molar-refractivity contribution in [3.8, 4) is 5.75 Å². The van der Waals surface area contributed by atoms with Crippen molar-refractivity contribution in [3.05, 3.63) is 59.4 Å². The molecule has 0 radical (unpaired) electrons. The van der Waals surface area contributed by atoms with Crippen molar-refractivity contribution >= 4 is 16.9 Å². The first-order valence-corrected chi connectivity index (χ1v) is 10.7. The van der Waals surface area contributed by atoms with Crippen LogP contribution in [0.3, 0.4) is 0 Å². The summed E-state index contributed by atoms with van der Waals surface area (Å²) in [5, 5.41) is 0. The summed E-state index contributed by atoms with van der Waals surface area (Å²) in [5.41, 5.74) is 4.28. The number of carbonyl (C=O) groups excluding carboxylic acids is 1. The van der Waals surface area contributed by atoms with Crippen LogP contribution >= 0.6 is 0 Å². The van der Waals surface area contributed by atoms with Gasteiger partial charge >= 0.3 is 0 Å². The third-order valence-electron chi connectivity index (χ3n) is 5.89. The summed E-state index contributed by atoms with van der Waals surface area (Å²) in [5.74, 6) is 2.21. The van der Waals surface area contributed by atoms with Crippen molar-refractivity contribution in [1.82, 2.24) is 14.5 Å². The van der Waals surface area contributed by atoms with Crippen molar-refractivity contribution in [3.63, 3.8) is 0 Å². The van der Waals surface area contributed by atoms with Gasteiger partial charge in [0, 0.05) is 24.4 Å². The van der Waals surface area contributed by atoms with Crippen LogP contribution in [0, 0.1) is 13.8 Å². The molecule has 1 aliphatic heterocycles. The van der Waals surface area contributed by atoms with E-state index >= 15 is 0 Å². The average Bonchev–Trinajstić information content (AvgIpc) is 3.24. The fourth-order valence-corrected chi connectivity index (χ4v) is 4.38. The highest BCUT2D eigenvalue weighted by Crippen LogP contribution is 2.34. The van der Waals surface area contributed by atoms with E-state index in [0.29, 0.717) is 26.1 Å². The molecule has 1 aromatic heterocycles. The fourth-order valence-electron chi connectivity index (χ4n) is 4.38. The molecule has 0 saturated carbocycles.